The molecule has 22 heavy (non-hydrogen) atoms. The molecule has 3 heteroatoms. The van der Waals surface area contributed by atoms with Gasteiger partial charge in [-0.15, -0.1) is 13.2 Å². The number of likely N-dealkylation sites (tertiary alicyclic amines) is 1. The van der Waals surface area contributed by atoms with Crippen LogP contribution in [0.15, 0.2) is 43.5 Å². The van der Waals surface area contributed by atoms with E-state index in [0.29, 0.717) is 12.1 Å². The van der Waals surface area contributed by atoms with Crippen molar-refractivity contribution in [3.63, 3.8) is 0 Å². The number of nitrogens with zero attached hydrogens (tertiary/aromatic N) is 1. The molecule has 0 spiro atoms. The number of benzene rings is 1. The molecule has 0 unspecified atom stereocenters. The topological polar surface area (TPSA) is 21.7 Å². The van der Waals surface area contributed by atoms with Gasteiger partial charge in [-0.1, -0.05) is 24.6 Å². The van der Waals surface area contributed by atoms with E-state index < -0.39 is 0 Å². The van der Waals surface area contributed by atoms with Crippen molar-refractivity contribution in [2.75, 3.05) is 20.8 Å². The van der Waals surface area contributed by atoms with Crippen LogP contribution in [-0.2, 0) is 0 Å². The van der Waals surface area contributed by atoms with Crippen molar-refractivity contribution in [2.45, 2.75) is 37.8 Å². The Morgan fingerprint density at radius 3 is 2.64 bits per heavy atom. The Labute approximate surface area is 134 Å². The predicted octanol–water partition coefficient (Wildman–Crippen LogP) is 4.36. The van der Waals surface area contributed by atoms with Gasteiger partial charge in [0.05, 0.1) is 14.2 Å². The lowest BCUT2D eigenvalue weighted by atomic mass is 9.94. The van der Waals surface area contributed by atoms with Crippen molar-refractivity contribution in [1.82, 2.24) is 4.90 Å². The van der Waals surface area contributed by atoms with Gasteiger partial charge < -0.3 is 9.47 Å². The SMILES string of the molecule is C=CC[C@@H](c1ccc(OC)c(OC)c1)N1CCCC[C@H]1C=C. The summed E-state index contributed by atoms with van der Waals surface area (Å²) >= 11 is 0. The molecule has 1 aliphatic rings. The van der Waals surface area contributed by atoms with Gasteiger partial charge in [0.15, 0.2) is 11.5 Å². The minimum Gasteiger partial charge on any atom is -0.493 e. The van der Waals surface area contributed by atoms with E-state index in [-0.39, 0.29) is 0 Å². The van der Waals surface area contributed by atoms with E-state index in [1.54, 1.807) is 14.2 Å². The summed E-state index contributed by atoms with van der Waals surface area (Å²) in [7, 11) is 3.34. The third-order valence-corrected chi connectivity index (χ3v) is 4.45. The average molecular weight is 301 g/mol. The van der Waals surface area contributed by atoms with Gasteiger partial charge in [-0.3, -0.25) is 4.90 Å². The number of methoxy groups -OCH3 is 2. The van der Waals surface area contributed by atoms with Gasteiger partial charge in [-0.05, 0) is 43.5 Å². The Kier molecular flexibility index (Phi) is 6.08. The molecule has 2 rings (SSSR count). The standard InChI is InChI=1S/C19H27NO2/c1-5-9-17(20-13-8-7-10-16(20)6-2)15-11-12-18(21-3)19(14-15)22-4/h5-6,11-12,14,16-17H,1-2,7-10,13H2,3-4H3/t16-,17+/m1/s1. The number of rotatable bonds is 7. The molecule has 0 saturated carbocycles. The Hall–Kier alpha value is -1.74. The summed E-state index contributed by atoms with van der Waals surface area (Å²) in [6.07, 6.45) is 8.70. The van der Waals surface area contributed by atoms with Crippen LogP contribution in [0.1, 0.15) is 37.3 Å². The molecular weight excluding hydrogens is 274 g/mol. The fourth-order valence-corrected chi connectivity index (χ4v) is 3.30. The lowest BCUT2D eigenvalue weighted by Gasteiger charge is -2.40. The Bertz CT molecular complexity index is 512. The third-order valence-electron chi connectivity index (χ3n) is 4.45. The minimum absolute atomic E-state index is 0.306. The van der Waals surface area contributed by atoms with Gasteiger partial charge in [0, 0.05) is 12.1 Å². The molecule has 1 fully saturated rings. The van der Waals surface area contributed by atoms with E-state index in [1.165, 1.54) is 24.8 Å². The van der Waals surface area contributed by atoms with E-state index in [4.69, 9.17) is 9.47 Å². The maximum Gasteiger partial charge on any atom is 0.161 e. The first-order chi connectivity index (χ1) is 10.7. The maximum absolute atomic E-state index is 5.46. The molecule has 3 nitrogen and oxygen atoms in total. The second kappa shape index (κ2) is 8.04. The summed E-state index contributed by atoms with van der Waals surface area (Å²) in [4.78, 5) is 2.54. The van der Waals surface area contributed by atoms with E-state index >= 15 is 0 Å². The van der Waals surface area contributed by atoms with E-state index in [1.807, 2.05) is 12.1 Å². The van der Waals surface area contributed by atoms with Crippen LogP contribution in [-0.4, -0.2) is 31.7 Å². The van der Waals surface area contributed by atoms with Crippen molar-refractivity contribution >= 4 is 0 Å². The summed E-state index contributed by atoms with van der Waals surface area (Å²) in [5.41, 5.74) is 1.24. The van der Waals surface area contributed by atoms with Gasteiger partial charge in [-0.2, -0.15) is 0 Å². The fraction of sp³-hybridized carbons (Fsp3) is 0.474. The lowest BCUT2D eigenvalue weighted by molar-refractivity contribution is 0.122. The largest absolute Gasteiger partial charge is 0.493 e. The van der Waals surface area contributed by atoms with Gasteiger partial charge in [0.2, 0.25) is 0 Å². The molecule has 1 aromatic rings. The van der Waals surface area contributed by atoms with Crippen molar-refractivity contribution in [1.29, 1.82) is 0 Å². The molecule has 0 radical (unpaired) electrons. The number of hydrogen-bond acceptors (Lipinski definition) is 3. The van der Waals surface area contributed by atoms with Crippen molar-refractivity contribution in [3.8, 4) is 11.5 Å². The van der Waals surface area contributed by atoms with Crippen molar-refractivity contribution in [2.24, 2.45) is 0 Å². The highest BCUT2D eigenvalue weighted by Gasteiger charge is 2.28. The summed E-state index contributed by atoms with van der Waals surface area (Å²) in [5.74, 6) is 1.55. The Balaban J connectivity index is 2.34. The highest BCUT2D eigenvalue weighted by molar-refractivity contribution is 5.44. The fourth-order valence-electron chi connectivity index (χ4n) is 3.30. The summed E-state index contributed by atoms with van der Waals surface area (Å²) in [5, 5.41) is 0. The second-order valence-corrected chi connectivity index (χ2v) is 5.69. The molecule has 1 heterocycles. The molecule has 1 saturated heterocycles. The highest BCUT2D eigenvalue weighted by atomic mass is 16.5. The molecule has 0 bridgehead atoms. The van der Waals surface area contributed by atoms with Gasteiger partial charge in [-0.25, -0.2) is 0 Å². The summed E-state index contributed by atoms with van der Waals surface area (Å²) < 4.78 is 10.8. The van der Waals surface area contributed by atoms with Crippen molar-refractivity contribution in [3.05, 3.63) is 49.1 Å². The van der Waals surface area contributed by atoms with Crippen LogP contribution >= 0.6 is 0 Å². The van der Waals surface area contributed by atoms with Crippen LogP contribution in [0.3, 0.4) is 0 Å². The predicted molar refractivity (Wildman–Crippen MR) is 91.6 cm³/mol. The molecule has 0 N–H and O–H groups in total. The molecule has 2 atom stereocenters. The van der Waals surface area contributed by atoms with Crippen LogP contribution in [0.25, 0.3) is 0 Å². The van der Waals surface area contributed by atoms with Gasteiger partial charge >= 0.3 is 0 Å². The zero-order chi connectivity index (χ0) is 15.9. The molecule has 0 amide bonds. The monoisotopic (exact) mass is 301 g/mol. The van der Waals surface area contributed by atoms with Crippen LogP contribution < -0.4 is 9.47 Å². The molecule has 1 aromatic carbocycles. The minimum atomic E-state index is 0.306. The summed E-state index contributed by atoms with van der Waals surface area (Å²) in [6, 6.07) is 6.94. The van der Waals surface area contributed by atoms with Gasteiger partial charge in [0.25, 0.3) is 0 Å². The highest BCUT2D eigenvalue weighted by Crippen LogP contribution is 2.36. The number of hydrogen-bond donors (Lipinski definition) is 0. The maximum atomic E-state index is 5.46. The molecule has 1 aliphatic heterocycles. The van der Waals surface area contributed by atoms with Gasteiger partial charge in [0.1, 0.15) is 0 Å². The zero-order valence-corrected chi connectivity index (χ0v) is 13.8. The first-order valence-electron chi connectivity index (χ1n) is 7.96. The molecule has 0 aromatic heterocycles. The van der Waals surface area contributed by atoms with Crippen LogP contribution in [0.2, 0.25) is 0 Å². The second-order valence-electron chi connectivity index (χ2n) is 5.69. The van der Waals surface area contributed by atoms with E-state index in [9.17, 15) is 0 Å². The average Bonchev–Trinajstić information content (AvgIpc) is 2.59. The molecular formula is C19H27NO2. The Morgan fingerprint density at radius 2 is 2.00 bits per heavy atom. The smallest absolute Gasteiger partial charge is 0.161 e. The lowest BCUT2D eigenvalue weighted by Crippen LogP contribution is -2.40. The first-order valence-corrected chi connectivity index (χ1v) is 7.96. The Morgan fingerprint density at radius 1 is 1.23 bits per heavy atom. The summed E-state index contributed by atoms with van der Waals surface area (Å²) in [6.45, 7) is 9.06. The number of piperidine rings is 1. The molecule has 0 aliphatic carbocycles. The van der Waals surface area contributed by atoms with E-state index in [2.05, 4.69) is 36.3 Å². The third kappa shape index (κ3) is 3.53. The quantitative estimate of drug-likeness (QED) is 0.698. The van der Waals surface area contributed by atoms with Crippen molar-refractivity contribution < 1.29 is 9.47 Å². The number of ether oxygens (including phenoxy) is 2. The van der Waals surface area contributed by atoms with Crippen LogP contribution in [0.5, 0.6) is 11.5 Å². The zero-order valence-electron chi connectivity index (χ0n) is 13.8. The normalized spacial score (nSPS) is 20.2. The van der Waals surface area contributed by atoms with E-state index in [0.717, 1.165) is 24.5 Å². The van der Waals surface area contributed by atoms with Crippen LogP contribution in [0.4, 0.5) is 0 Å². The molecule has 120 valence electrons. The van der Waals surface area contributed by atoms with Crippen LogP contribution in [0, 0.1) is 0 Å². The first kappa shape index (κ1) is 16.6.